The molecule has 1 aliphatic heterocycles. The molecule has 1 atom stereocenters. The van der Waals surface area contributed by atoms with Gasteiger partial charge in [0.1, 0.15) is 16.4 Å². The minimum Gasteiger partial charge on any atom is -0.396 e. The first-order valence-corrected chi connectivity index (χ1v) is 7.64. The summed E-state index contributed by atoms with van der Waals surface area (Å²) >= 11 is 1.31. The molecule has 21 heavy (non-hydrogen) atoms. The molecule has 1 unspecified atom stereocenters. The van der Waals surface area contributed by atoms with Gasteiger partial charge in [-0.15, -0.1) is 11.3 Å². The lowest BCUT2D eigenvalue weighted by atomic mass is 10.0. The number of fused-ring (bicyclic) bond motifs is 1. The van der Waals surface area contributed by atoms with Crippen LogP contribution in [0.1, 0.15) is 28.9 Å². The highest BCUT2D eigenvalue weighted by atomic mass is 32.1. The lowest BCUT2D eigenvalue weighted by molar-refractivity contribution is -0.123. The van der Waals surface area contributed by atoms with Gasteiger partial charge in [0.15, 0.2) is 0 Å². The Hall–Kier alpha value is -2.15. The first-order valence-electron chi connectivity index (χ1n) is 6.83. The molecule has 3 rings (SSSR count). The average Bonchev–Trinajstić information content (AvgIpc) is 2.84. The number of likely N-dealkylation sites (tertiary alicyclic amines) is 1. The predicted molar refractivity (Wildman–Crippen MR) is 81.9 cm³/mol. The fraction of sp³-hybridized carbons (Fsp3) is 0.357. The molecule has 0 aliphatic carbocycles. The fourth-order valence-corrected chi connectivity index (χ4v) is 3.74. The molecule has 1 fully saturated rings. The number of rotatable bonds is 2. The molecular formula is C14H16N4O2S. The molecule has 0 radical (unpaired) electrons. The van der Waals surface area contributed by atoms with Gasteiger partial charge in [0.05, 0.1) is 10.4 Å². The van der Waals surface area contributed by atoms with Crippen LogP contribution in [0.4, 0.5) is 5.69 Å². The second kappa shape index (κ2) is 5.33. The Morgan fingerprint density at radius 1 is 1.38 bits per heavy atom. The van der Waals surface area contributed by atoms with Crippen molar-refractivity contribution in [2.45, 2.75) is 25.3 Å². The number of hydrogen-bond acceptors (Lipinski definition) is 5. The van der Waals surface area contributed by atoms with Crippen molar-refractivity contribution in [1.82, 2.24) is 9.88 Å². The predicted octanol–water partition coefficient (Wildman–Crippen LogP) is 1.36. The lowest BCUT2D eigenvalue weighted by Gasteiger charge is -2.33. The number of hydrogen-bond donors (Lipinski definition) is 2. The van der Waals surface area contributed by atoms with Gasteiger partial charge in [-0.1, -0.05) is 0 Å². The molecule has 6 nitrogen and oxygen atoms in total. The quantitative estimate of drug-likeness (QED) is 0.874. The molecule has 3 heterocycles. The van der Waals surface area contributed by atoms with Gasteiger partial charge >= 0.3 is 0 Å². The molecule has 0 aromatic carbocycles. The first kappa shape index (κ1) is 13.8. The number of nitrogen functional groups attached to an aromatic ring is 1. The van der Waals surface area contributed by atoms with Crippen LogP contribution in [0.3, 0.4) is 0 Å². The zero-order valence-corrected chi connectivity index (χ0v) is 12.2. The molecule has 0 saturated carbocycles. The maximum Gasteiger partial charge on any atom is 0.266 e. The van der Waals surface area contributed by atoms with Crippen LogP contribution in [0.15, 0.2) is 18.3 Å². The van der Waals surface area contributed by atoms with Crippen LogP contribution in [0, 0.1) is 0 Å². The number of nitrogens with zero attached hydrogens (tertiary/aromatic N) is 2. The number of pyridine rings is 1. The third kappa shape index (κ3) is 2.33. The summed E-state index contributed by atoms with van der Waals surface area (Å²) in [5.41, 5.74) is 12.5. The Bertz CT molecular complexity index is 712. The zero-order chi connectivity index (χ0) is 15.0. The molecule has 1 saturated heterocycles. The lowest BCUT2D eigenvalue weighted by Crippen LogP contribution is -2.50. The maximum absolute atomic E-state index is 12.7. The minimum atomic E-state index is -0.538. The van der Waals surface area contributed by atoms with Crippen LogP contribution in [0.25, 0.3) is 10.2 Å². The maximum atomic E-state index is 12.7. The molecule has 0 spiro atoms. The number of anilines is 1. The number of carbonyl (C=O) groups is 2. The molecule has 110 valence electrons. The summed E-state index contributed by atoms with van der Waals surface area (Å²) in [7, 11) is 0. The summed E-state index contributed by atoms with van der Waals surface area (Å²) in [6.45, 7) is 0.535. The Balaban J connectivity index is 1.99. The highest BCUT2D eigenvalue weighted by Gasteiger charge is 2.33. The van der Waals surface area contributed by atoms with E-state index in [1.54, 1.807) is 17.2 Å². The largest absolute Gasteiger partial charge is 0.396 e. The molecule has 7 heteroatoms. The Labute approximate surface area is 125 Å². The van der Waals surface area contributed by atoms with Crippen LogP contribution < -0.4 is 11.5 Å². The molecule has 2 aromatic heterocycles. The van der Waals surface area contributed by atoms with Crippen molar-refractivity contribution in [2.24, 2.45) is 5.73 Å². The van der Waals surface area contributed by atoms with Gasteiger partial charge in [0.2, 0.25) is 5.91 Å². The van der Waals surface area contributed by atoms with E-state index in [4.69, 9.17) is 11.5 Å². The topological polar surface area (TPSA) is 102 Å². The summed E-state index contributed by atoms with van der Waals surface area (Å²) in [4.78, 5) is 30.5. The number of carbonyl (C=O) groups excluding carboxylic acids is 2. The third-order valence-corrected chi connectivity index (χ3v) is 4.92. The fourth-order valence-electron chi connectivity index (χ4n) is 2.71. The molecule has 4 N–H and O–H groups in total. The second-order valence-electron chi connectivity index (χ2n) is 5.11. The van der Waals surface area contributed by atoms with Gasteiger partial charge in [0, 0.05) is 12.7 Å². The summed E-state index contributed by atoms with van der Waals surface area (Å²) in [6.07, 6.45) is 4.04. The van der Waals surface area contributed by atoms with Crippen molar-refractivity contribution in [3.63, 3.8) is 0 Å². The van der Waals surface area contributed by atoms with Crippen LogP contribution in [-0.2, 0) is 4.79 Å². The average molecular weight is 304 g/mol. The number of primary amides is 1. The van der Waals surface area contributed by atoms with E-state index in [0.717, 1.165) is 17.5 Å². The van der Waals surface area contributed by atoms with E-state index in [1.165, 1.54) is 11.3 Å². The van der Waals surface area contributed by atoms with Gasteiger partial charge in [-0.25, -0.2) is 0 Å². The van der Waals surface area contributed by atoms with Gasteiger partial charge in [-0.05, 0) is 31.4 Å². The number of piperidine rings is 1. The van der Waals surface area contributed by atoms with Crippen LogP contribution >= 0.6 is 11.3 Å². The van der Waals surface area contributed by atoms with Crippen LogP contribution in [0.2, 0.25) is 0 Å². The molecule has 2 amide bonds. The van der Waals surface area contributed by atoms with Crippen molar-refractivity contribution in [3.8, 4) is 0 Å². The van der Waals surface area contributed by atoms with Crippen LogP contribution in [0.5, 0.6) is 0 Å². The standard InChI is InChI=1S/C14H16N4O2S/c15-10-11-9(5-3-6-17-11)21-12(10)14(20)18-7-2-1-4-8(18)13(16)19/h3,5-6,8H,1-2,4,7,15H2,(H2,16,19). The van der Waals surface area contributed by atoms with Crippen molar-refractivity contribution < 1.29 is 9.59 Å². The SMILES string of the molecule is NC(=O)C1CCCCN1C(=O)c1sc2cccnc2c1N. The van der Waals surface area contributed by atoms with Gasteiger partial charge in [0.25, 0.3) is 5.91 Å². The molecule has 2 aromatic rings. The van der Waals surface area contributed by atoms with Crippen molar-refractivity contribution in [1.29, 1.82) is 0 Å². The van der Waals surface area contributed by atoms with Gasteiger partial charge < -0.3 is 16.4 Å². The number of amides is 2. The smallest absolute Gasteiger partial charge is 0.266 e. The van der Waals surface area contributed by atoms with Crippen molar-refractivity contribution in [3.05, 3.63) is 23.2 Å². The van der Waals surface area contributed by atoms with E-state index in [0.29, 0.717) is 29.0 Å². The number of thiophene rings is 1. The van der Waals surface area contributed by atoms with E-state index in [9.17, 15) is 9.59 Å². The summed E-state index contributed by atoms with van der Waals surface area (Å²) in [5, 5.41) is 0. The Morgan fingerprint density at radius 3 is 2.90 bits per heavy atom. The van der Waals surface area contributed by atoms with Crippen LogP contribution in [-0.4, -0.2) is 34.3 Å². The molecular weight excluding hydrogens is 288 g/mol. The number of aromatic nitrogens is 1. The minimum absolute atomic E-state index is 0.223. The summed E-state index contributed by atoms with van der Waals surface area (Å²) in [6, 6.07) is 3.14. The van der Waals surface area contributed by atoms with E-state index in [2.05, 4.69) is 4.98 Å². The van der Waals surface area contributed by atoms with E-state index < -0.39 is 11.9 Å². The first-order chi connectivity index (χ1) is 10.1. The normalized spacial score (nSPS) is 18.9. The molecule has 0 bridgehead atoms. The molecule has 1 aliphatic rings. The Kier molecular flexibility index (Phi) is 3.50. The summed E-state index contributed by atoms with van der Waals surface area (Å²) in [5.74, 6) is -0.681. The number of nitrogens with two attached hydrogens (primary N) is 2. The highest BCUT2D eigenvalue weighted by Crippen LogP contribution is 2.34. The van der Waals surface area contributed by atoms with Gasteiger partial charge in [-0.2, -0.15) is 0 Å². The Morgan fingerprint density at radius 2 is 2.19 bits per heavy atom. The summed E-state index contributed by atoms with van der Waals surface area (Å²) < 4.78 is 0.867. The highest BCUT2D eigenvalue weighted by molar-refractivity contribution is 7.21. The second-order valence-corrected chi connectivity index (χ2v) is 6.16. The van der Waals surface area contributed by atoms with E-state index in [-0.39, 0.29) is 5.91 Å². The van der Waals surface area contributed by atoms with Crippen molar-refractivity contribution >= 4 is 39.1 Å². The van der Waals surface area contributed by atoms with E-state index in [1.807, 2.05) is 6.07 Å². The third-order valence-electron chi connectivity index (χ3n) is 3.77. The van der Waals surface area contributed by atoms with Gasteiger partial charge in [-0.3, -0.25) is 14.6 Å². The monoisotopic (exact) mass is 304 g/mol. The zero-order valence-electron chi connectivity index (χ0n) is 11.4. The van der Waals surface area contributed by atoms with Crippen molar-refractivity contribution in [2.75, 3.05) is 12.3 Å². The van der Waals surface area contributed by atoms with E-state index >= 15 is 0 Å².